The van der Waals surface area contributed by atoms with Crippen LogP contribution >= 0.6 is 0 Å². The number of hydrogen-bond donors (Lipinski definition) is 3. The molecule has 3 N–H and O–H groups in total. The van der Waals surface area contributed by atoms with E-state index in [1.807, 2.05) is 6.92 Å². The van der Waals surface area contributed by atoms with Gasteiger partial charge in [0.1, 0.15) is 5.69 Å². The largest absolute Gasteiger partial charge is 0.416 e. The molecule has 2 rings (SSSR count). The molecule has 0 fully saturated rings. The van der Waals surface area contributed by atoms with Crippen molar-refractivity contribution in [2.75, 3.05) is 5.32 Å². The van der Waals surface area contributed by atoms with Gasteiger partial charge < -0.3 is 15.3 Å². The van der Waals surface area contributed by atoms with Crippen molar-refractivity contribution in [3.05, 3.63) is 51.7 Å². The van der Waals surface area contributed by atoms with Crippen molar-refractivity contribution in [1.29, 1.82) is 0 Å². The van der Waals surface area contributed by atoms with E-state index in [0.717, 1.165) is 12.1 Å². The Morgan fingerprint density at radius 3 is 2.64 bits per heavy atom. The third-order valence-corrected chi connectivity index (χ3v) is 2.98. The van der Waals surface area contributed by atoms with Gasteiger partial charge in [-0.05, 0) is 24.6 Å². The minimum Gasteiger partial charge on any atom is -0.321 e. The Labute approximate surface area is 123 Å². The molecule has 118 valence electrons. The van der Waals surface area contributed by atoms with Crippen molar-refractivity contribution < 1.29 is 18.0 Å². The lowest BCUT2D eigenvalue weighted by molar-refractivity contribution is -0.137. The molecule has 0 saturated heterocycles. The highest BCUT2D eigenvalue weighted by Gasteiger charge is 2.30. The normalized spacial score (nSPS) is 11.5. The Balaban J connectivity index is 2.24. The van der Waals surface area contributed by atoms with E-state index in [4.69, 9.17) is 0 Å². The number of aromatic nitrogens is 2. The topological polar surface area (TPSA) is 77.8 Å². The highest BCUT2D eigenvalue weighted by molar-refractivity contribution is 6.03. The number of H-pyrrole nitrogens is 2. The number of carbonyl (C=O) groups is 1. The van der Waals surface area contributed by atoms with Gasteiger partial charge in [0.05, 0.1) is 5.56 Å². The van der Waals surface area contributed by atoms with E-state index < -0.39 is 23.3 Å². The molecule has 2 aromatic rings. The molecule has 0 atom stereocenters. The predicted octanol–water partition coefficient (Wildman–Crippen LogP) is 2.93. The number of aryl methyl sites for hydroxylation is 1. The second-order valence-corrected chi connectivity index (χ2v) is 4.72. The molecule has 0 bridgehead atoms. The summed E-state index contributed by atoms with van der Waals surface area (Å²) in [6, 6.07) is 4.29. The number of carbonyl (C=O) groups excluding carboxylic acids is 1. The fraction of sp³-hybridized carbons (Fsp3) is 0.286. The third kappa shape index (κ3) is 3.57. The van der Waals surface area contributed by atoms with Crippen LogP contribution < -0.4 is 11.0 Å². The van der Waals surface area contributed by atoms with Gasteiger partial charge in [-0.1, -0.05) is 19.4 Å². The molecule has 1 aromatic heterocycles. The summed E-state index contributed by atoms with van der Waals surface area (Å²) in [6.45, 7) is 1.87. The molecule has 0 aliphatic carbocycles. The predicted molar refractivity (Wildman–Crippen MR) is 74.8 cm³/mol. The first-order valence-electron chi connectivity index (χ1n) is 6.61. The number of anilines is 1. The quantitative estimate of drug-likeness (QED) is 0.811. The van der Waals surface area contributed by atoms with Gasteiger partial charge in [-0.15, -0.1) is 0 Å². The highest BCUT2D eigenvalue weighted by atomic mass is 19.4. The summed E-state index contributed by atoms with van der Waals surface area (Å²) in [4.78, 5) is 28.2. The number of hydrogen-bond acceptors (Lipinski definition) is 2. The lowest BCUT2D eigenvalue weighted by atomic mass is 10.1. The van der Waals surface area contributed by atoms with Crippen molar-refractivity contribution in [2.24, 2.45) is 0 Å². The van der Waals surface area contributed by atoms with Crippen molar-refractivity contribution >= 4 is 11.6 Å². The SMILES string of the molecule is CCCc1[nH]c(=O)[nH]c1C(=O)Nc1cccc(C(F)(F)F)c1. The summed E-state index contributed by atoms with van der Waals surface area (Å²) in [5.41, 5.74) is -0.926. The summed E-state index contributed by atoms with van der Waals surface area (Å²) >= 11 is 0. The van der Waals surface area contributed by atoms with Crippen molar-refractivity contribution in [3.8, 4) is 0 Å². The molecule has 1 amide bonds. The number of rotatable bonds is 4. The molecule has 0 aliphatic rings. The third-order valence-electron chi connectivity index (χ3n) is 2.98. The van der Waals surface area contributed by atoms with Gasteiger partial charge in [-0.2, -0.15) is 13.2 Å². The molecular formula is C14H14F3N3O2. The molecule has 0 unspecified atom stereocenters. The average Bonchev–Trinajstić information content (AvgIpc) is 2.79. The molecule has 0 saturated carbocycles. The van der Waals surface area contributed by atoms with E-state index >= 15 is 0 Å². The van der Waals surface area contributed by atoms with Crippen LogP contribution in [0.15, 0.2) is 29.1 Å². The van der Waals surface area contributed by atoms with Crippen LogP contribution in [0.1, 0.15) is 35.1 Å². The number of amides is 1. The zero-order valence-corrected chi connectivity index (χ0v) is 11.7. The standard InChI is InChI=1S/C14H14F3N3O2/c1-2-4-10-11(20-13(22)19-10)12(21)18-9-6-3-5-8(7-9)14(15,16)17/h3,5-7H,2,4H2,1H3,(H,18,21)(H2,19,20,22). The lowest BCUT2D eigenvalue weighted by Crippen LogP contribution is -2.16. The summed E-state index contributed by atoms with van der Waals surface area (Å²) in [5.74, 6) is -0.666. The van der Waals surface area contributed by atoms with Crippen LogP contribution in [0.25, 0.3) is 0 Å². The van der Waals surface area contributed by atoms with Gasteiger partial charge in [-0.3, -0.25) is 4.79 Å². The maximum absolute atomic E-state index is 12.6. The first-order chi connectivity index (χ1) is 10.3. The molecule has 0 radical (unpaired) electrons. The second-order valence-electron chi connectivity index (χ2n) is 4.72. The van der Waals surface area contributed by atoms with E-state index in [0.29, 0.717) is 18.5 Å². The zero-order valence-electron chi connectivity index (χ0n) is 11.7. The van der Waals surface area contributed by atoms with Crippen molar-refractivity contribution in [2.45, 2.75) is 25.9 Å². The average molecular weight is 313 g/mol. The van der Waals surface area contributed by atoms with E-state index in [9.17, 15) is 22.8 Å². The molecule has 22 heavy (non-hydrogen) atoms. The number of aromatic amines is 2. The first-order valence-corrected chi connectivity index (χ1v) is 6.61. The van der Waals surface area contributed by atoms with Gasteiger partial charge >= 0.3 is 11.9 Å². The Hall–Kier alpha value is -2.51. The number of imidazole rings is 1. The van der Waals surface area contributed by atoms with Crippen LogP contribution in [0, 0.1) is 0 Å². The van der Waals surface area contributed by atoms with Gasteiger partial charge in [0.25, 0.3) is 5.91 Å². The Bertz CT molecular complexity index is 731. The molecular weight excluding hydrogens is 299 g/mol. The molecule has 1 aromatic carbocycles. The molecule has 1 heterocycles. The Morgan fingerprint density at radius 1 is 1.27 bits per heavy atom. The van der Waals surface area contributed by atoms with Crippen molar-refractivity contribution in [3.63, 3.8) is 0 Å². The maximum atomic E-state index is 12.6. The monoisotopic (exact) mass is 313 g/mol. The van der Waals surface area contributed by atoms with Gasteiger partial charge in [-0.25, -0.2) is 4.79 Å². The van der Waals surface area contributed by atoms with Crippen LogP contribution in [0.2, 0.25) is 0 Å². The van der Waals surface area contributed by atoms with Crippen LogP contribution in [-0.2, 0) is 12.6 Å². The van der Waals surface area contributed by atoms with Crippen LogP contribution in [0.5, 0.6) is 0 Å². The number of nitrogens with one attached hydrogen (secondary N) is 3. The minimum atomic E-state index is -4.49. The van der Waals surface area contributed by atoms with E-state index in [-0.39, 0.29) is 11.4 Å². The maximum Gasteiger partial charge on any atom is 0.416 e. The number of benzene rings is 1. The van der Waals surface area contributed by atoms with Crippen LogP contribution in [0.4, 0.5) is 18.9 Å². The van der Waals surface area contributed by atoms with E-state index in [1.54, 1.807) is 0 Å². The smallest absolute Gasteiger partial charge is 0.321 e. The number of alkyl halides is 3. The highest BCUT2D eigenvalue weighted by Crippen LogP contribution is 2.30. The summed E-state index contributed by atoms with van der Waals surface area (Å²) in [5, 5.41) is 2.35. The minimum absolute atomic E-state index is 0.00400. The summed E-state index contributed by atoms with van der Waals surface area (Å²) < 4.78 is 37.9. The molecule has 0 aliphatic heterocycles. The summed E-state index contributed by atoms with van der Waals surface area (Å²) in [7, 11) is 0. The van der Waals surface area contributed by atoms with Crippen LogP contribution in [0.3, 0.4) is 0 Å². The fourth-order valence-electron chi connectivity index (χ4n) is 2.02. The van der Waals surface area contributed by atoms with Crippen molar-refractivity contribution in [1.82, 2.24) is 9.97 Å². The molecule has 8 heteroatoms. The van der Waals surface area contributed by atoms with Gasteiger partial charge in [0.2, 0.25) is 0 Å². The van der Waals surface area contributed by atoms with E-state index in [1.165, 1.54) is 12.1 Å². The Morgan fingerprint density at radius 2 is 2.00 bits per heavy atom. The lowest BCUT2D eigenvalue weighted by Gasteiger charge is -2.09. The second kappa shape index (κ2) is 6.08. The van der Waals surface area contributed by atoms with E-state index in [2.05, 4.69) is 15.3 Å². The fourth-order valence-corrected chi connectivity index (χ4v) is 2.02. The number of halogens is 3. The van der Waals surface area contributed by atoms with Gasteiger partial charge in [0.15, 0.2) is 0 Å². The Kier molecular flexibility index (Phi) is 4.39. The molecule has 5 nitrogen and oxygen atoms in total. The first kappa shape index (κ1) is 15.9. The molecule has 0 spiro atoms. The summed E-state index contributed by atoms with van der Waals surface area (Å²) in [6.07, 6.45) is -3.31. The van der Waals surface area contributed by atoms with Crippen LogP contribution in [-0.4, -0.2) is 15.9 Å². The van der Waals surface area contributed by atoms with Gasteiger partial charge in [0, 0.05) is 11.4 Å². The zero-order chi connectivity index (χ0) is 16.3.